The predicted octanol–water partition coefficient (Wildman–Crippen LogP) is 4.03. The number of H-pyrrole nitrogens is 1. The standard InChI is InChI=1S/C23H23ClN6O2S.C2HF3O2/c24-20-3-1-16(2-4-20)12-30-14-19(10-27-30)17-5-7-25-21(9-17)23-26-11-22(28-23)18-6-8-29(13-18)15-33(31)32;3-2(4,5)1(6)7/h1-5,7,9-11,14,18,33H,6,8,12-13,15H2,(H,26,28);(H,6,7). The van der Waals surface area contributed by atoms with Gasteiger partial charge in [-0.05, 0) is 48.4 Å². The van der Waals surface area contributed by atoms with Crippen LogP contribution >= 0.6 is 11.6 Å². The lowest BCUT2D eigenvalue weighted by Gasteiger charge is -2.10. The van der Waals surface area contributed by atoms with Crippen LogP contribution in [0.4, 0.5) is 13.2 Å². The summed E-state index contributed by atoms with van der Waals surface area (Å²) >= 11 is 5.97. The lowest BCUT2D eigenvalue weighted by molar-refractivity contribution is -0.192. The van der Waals surface area contributed by atoms with Crippen molar-refractivity contribution in [1.29, 1.82) is 0 Å². The first-order valence-electron chi connectivity index (χ1n) is 11.9. The SMILES string of the molecule is O=C(O)C(F)(F)F.O=[SH](=O)CN1CCC(c2c[nH]c(-c3cc(-c4cnn(Cc5ccc(Cl)cc5)c4)ccn3)n2)C1. The molecule has 3 aromatic heterocycles. The van der Waals surface area contributed by atoms with Crippen molar-refractivity contribution in [2.45, 2.75) is 25.1 Å². The first-order chi connectivity index (χ1) is 19.0. The number of hydrogen-bond acceptors (Lipinski definition) is 7. The van der Waals surface area contributed by atoms with E-state index in [-0.39, 0.29) is 11.8 Å². The van der Waals surface area contributed by atoms with Gasteiger partial charge in [-0.25, -0.2) is 18.2 Å². The van der Waals surface area contributed by atoms with Crippen molar-refractivity contribution in [1.82, 2.24) is 29.6 Å². The Kier molecular flexibility index (Phi) is 9.22. The molecule has 212 valence electrons. The second-order valence-electron chi connectivity index (χ2n) is 9.00. The molecule has 1 aliphatic heterocycles. The second-order valence-corrected chi connectivity index (χ2v) is 10.4. The van der Waals surface area contributed by atoms with Gasteiger partial charge in [-0.3, -0.25) is 14.6 Å². The molecule has 10 nitrogen and oxygen atoms in total. The van der Waals surface area contributed by atoms with Crippen LogP contribution in [0.5, 0.6) is 0 Å². The van der Waals surface area contributed by atoms with Crippen LogP contribution in [0.2, 0.25) is 5.02 Å². The molecule has 1 aromatic carbocycles. The number of benzene rings is 1. The van der Waals surface area contributed by atoms with Gasteiger partial charge in [0, 0.05) is 41.6 Å². The van der Waals surface area contributed by atoms with Crippen LogP contribution in [0, 0.1) is 0 Å². The first-order valence-corrected chi connectivity index (χ1v) is 13.7. The third-order valence-electron chi connectivity index (χ3n) is 6.07. The maximum Gasteiger partial charge on any atom is 0.490 e. The van der Waals surface area contributed by atoms with Gasteiger partial charge in [0.15, 0.2) is 16.5 Å². The van der Waals surface area contributed by atoms with Gasteiger partial charge in [0.1, 0.15) is 5.69 Å². The topological polar surface area (TPSA) is 134 Å². The van der Waals surface area contributed by atoms with Crippen LogP contribution in [0.15, 0.2) is 61.2 Å². The number of carboxylic acids is 1. The summed E-state index contributed by atoms with van der Waals surface area (Å²) in [5.74, 6) is -1.72. The lowest BCUT2D eigenvalue weighted by atomic mass is 10.1. The number of imidazole rings is 1. The molecule has 5 rings (SSSR count). The summed E-state index contributed by atoms with van der Waals surface area (Å²) in [6.07, 6.45) is 3.34. The van der Waals surface area contributed by atoms with Gasteiger partial charge in [-0.2, -0.15) is 18.3 Å². The van der Waals surface area contributed by atoms with Crippen LogP contribution in [0.3, 0.4) is 0 Å². The van der Waals surface area contributed by atoms with Crippen LogP contribution < -0.4 is 0 Å². The molecule has 0 spiro atoms. The molecular weight excluding hydrogens is 573 g/mol. The molecule has 40 heavy (non-hydrogen) atoms. The lowest BCUT2D eigenvalue weighted by Crippen LogP contribution is -2.22. The number of aliphatic carboxylic acids is 1. The van der Waals surface area contributed by atoms with Gasteiger partial charge in [0.05, 0.1) is 24.3 Å². The number of aromatic amines is 1. The van der Waals surface area contributed by atoms with Gasteiger partial charge in [-0.1, -0.05) is 23.7 Å². The molecule has 1 saturated heterocycles. The van der Waals surface area contributed by atoms with Gasteiger partial charge in [0.25, 0.3) is 0 Å². The van der Waals surface area contributed by atoms with Crippen LogP contribution in [-0.2, 0) is 22.0 Å². The molecule has 1 fully saturated rings. The Labute approximate surface area is 233 Å². The van der Waals surface area contributed by atoms with E-state index in [1.54, 1.807) is 6.20 Å². The third kappa shape index (κ3) is 7.90. The van der Waals surface area contributed by atoms with Gasteiger partial charge >= 0.3 is 12.1 Å². The molecule has 0 radical (unpaired) electrons. The van der Waals surface area contributed by atoms with Gasteiger partial charge < -0.3 is 10.1 Å². The summed E-state index contributed by atoms with van der Waals surface area (Å²) in [6.45, 7) is 2.13. The van der Waals surface area contributed by atoms with Crippen molar-refractivity contribution in [2.75, 3.05) is 19.0 Å². The number of carboxylic acid groups (broad SMARTS) is 1. The summed E-state index contributed by atoms with van der Waals surface area (Å²) in [4.78, 5) is 23.3. The Morgan fingerprint density at radius 3 is 2.58 bits per heavy atom. The minimum absolute atomic E-state index is 0.110. The van der Waals surface area contributed by atoms with Crippen molar-refractivity contribution >= 4 is 28.3 Å². The fraction of sp³-hybridized carbons (Fsp3) is 0.280. The number of aromatic nitrogens is 5. The first kappa shape index (κ1) is 29.2. The fourth-order valence-corrected chi connectivity index (χ4v) is 4.87. The van der Waals surface area contributed by atoms with E-state index in [0.717, 1.165) is 46.1 Å². The quantitative estimate of drug-likeness (QED) is 0.272. The summed E-state index contributed by atoms with van der Waals surface area (Å²) < 4.78 is 55.6. The van der Waals surface area contributed by atoms with Gasteiger partial charge in [0.2, 0.25) is 0 Å². The third-order valence-corrected chi connectivity index (χ3v) is 6.96. The molecule has 2 N–H and O–H groups in total. The molecule has 1 aliphatic rings. The van der Waals surface area contributed by atoms with E-state index in [2.05, 4.69) is 15.1 Å². The van der Waals surface area contributed by atoms with E-state index < -0.39 is 22.8 Å². The number of nitrogens with zero attached hydrogens (tertiary/aromatic N) is 5. The van der Waals surface area contributed by atoms with Gasteiger partial charge in [-0.15, -0.1) is 0 Å². The van der Waals surface area contributed by atoms with Crippen molar-refractivity contribution in [3.8, 4) is 22.6 Å². The van der Waals surface area contributed by atoms with Crippen LogP contribution in [-0.4, -0.2) is 74.3 Å². The van der Waals surface area contributed by atoms with Crippen molar-refractivity contribution in [3.05, 3.63) is 77.5 Å². The van der Waals surface area contributed by atoms with Crippen molar-refractivity contribution in [2.24, 2.45) is 0 Å². The number of hydrogen-bond donors (Lipinski definition) is 3. The molecule has 15 heteroatoms. The summed E-state index contributed by atoms with van der Waals surface area (Å²) in [7, 11) is -2.40. The number of pyridine rings is 1. The summed E-state index contributed by atoms with van der Waals surface area (Å²) in [6, 6.07) is 11.7. The minimum atomic E-state index is -5.08. The summed E-state index contributed by atoms with van der Waals surface area (Å²) in [5.41, 5.74) is 4.82. The van der Waals surface area contributed by atoms with E-state index in [4.69, 9.17) is 26.5 Å². The Morgan fingerprint density at radius 2 is 1.90 bits per heavy atom. The molecule has 4 heterocycles. The number of carbonyl (C=O) groups is 1. The molecule has 1 atom stereocenters. The average Bonchev–Trinajstić information content (AvgIpc) is 3.66. The number of alkyl halides is 3. The Balaban J connectivity index is 0.000000470. The highest BCUT2D eigenvalue weighted by atomic mass is 35.5. The average molecular weight is 597 g/mol. The van der Waals surface area contributed by atoms with E-state index in [0.29, 0.717) is 18.9 Å². The van der Waals surface area contributed by atoms with Crippen molar-refractivity contribution < 1.29 is 31.5 Å². The molecule has 0 aliphatic carbocycles. The Hall–Kier alpha value is -3.75. The smallest absolute Gasteiger partial charge is 0.475 e. The number of nitrogens with one attached hydrogen (secondary N) is 1. The summed E-state index contributed by atoms with van der Waals surface area (Å²) in [5, 5.41) is 12.3. The van der Waals surface area contributed by atoms with Crippen molar-refractivity contribution in [3.63, 3.8) is 0 Å². The highest BCUT2D eigenvalue weighted by Crippen LogP contribution is 2.28. The predicted molar refractivity (Wildman–Crippen MR) is 141 cm³/mol. The van der Waals surface area contributed by atoms with E-state index in [1.807, 2.05) is 64.6 Å². The number of likely N-dealkylation sites (tertiary alicyclic amines) is 1. The van der Waals surface area contributed by atoms with Crippen LogP contribution in [0.25, 0.3) is 22.6 Å². The zero-order chi connectivity index (χ0) is 28.9. The number of halogens is 4. The fourth-order valence-electron chi connectivity index (χ4n) is 4.16. The van der Waals surface area contributed by atoms with E-state index >= 15 is 0 Å². The monoisotopic (exact) mass is 596 g/mol. The molecule has 0 saturated carbocycles. The maximum absolute atomic E-state index is 11.0. The maximum atomic E-state index is 11.0. The zero-order valence-electron chi connectivity index (χ0n) is 20.8. The Bertz CT molecular complexity index is 1530. The largest absolute Gasteiger partial charge is 0.490 e. The molecule has 4 aromatic rings. The van der Waals surface area contributed by atoms with E-state index in [9.17, 15) is 21.6 Å². The molecule has 0 amide bonds. The van der Waals surface area contributed by atoms with E-state index in [1.165, 1.54) is 0 Å². The molecule has 0 bridgehead atoms. The molecular formula is C25H24ClF3N6O4S. The Morgan fingerprint density at radius 1 is 1.18 bits per heavy atom. The highest BCUT2D eigenvalue weighted by Gasteiger charge is 2.38. The minimum Gasteiger partial charge on any atom is -0.475 e. The second kappa shape index (κ2) is 12.6. The normalized spacial score (nSPS) is 15.7. The number of rotatable bonds is 7. The molecule has 1 unspecified atom stereocenters. The number of thiol groups is 1. The zero-order valence-corrected chi connectivity index (χ0v) is 22.4. The highest BCUT2D eigenvalue weighted by molar-refractivity contribution is 7.72. The van der Waals surface area contributed by atoms with Crippen LogP contribution in [0.1, 0.15) is 23.6 Å².